The standard InChI is InChI=1S/C6H6N2O.H2/c9-5-8-6-2-1-3-7-4-6;/h1-5H,(H,8,9);1H. The number of amides is 1. The van der Waals surface area contributed by atoms with E-state index >= 15 is 0 Å². The van der Waals surface area contributed by atoms with E-state index in [-0.39, 0.29) is 1.43 Å². The summed E-state index contributed by atoms with van der Waals surface area (Å²) in [4.78, 5) is 13.6. The van der Waals surface area contributed by atoms with Crippen LogP contribution in [0.25, 0.3) is 0 Å². The first-order valence-electron chi connectivity index (χ1n) is 2.53. The average molecular weight is 124 g/mol. The molecule has 0 spiro atoms. The van der Waals surface area contributed by atoms with E-state index in [0.29, 0.717) is 12.1 Å². The Balaban J connectivity index is 0.000000810. The van der Waals surface area contributed by atoms with Crippen molar-refractivity contribution >= 4 is 12.1 Å². The maximum absolute atomic E-state index is 9.84. The molecule has 1 heterocycles. The summed E-state index contributed by atoms with van der Waals surface area (Å²) < 4.78 is 0. The molecule has 1 N–H and O–H groups in total. The molecule has 0 atom stereocenters. The van der Waals surface area contributed by atoms with Crippen LogP contribution in [-0.4, -0.2) is 11.4 Å². The van der Waals surface area contributed by atoms with Crippen molar-refractivity contribution in [2.24, 2.45) is 0 Å². The van der Waals surface area contributed by atoms with E-state index in [1.807, 2.05) is 0 Å². The molecule has 0 saturated heterocycles. The van der Waals surface area contributed by atoms with E-state index in [1.165, 1.54) is 0 Å². The number of carbonyl (C=O) groups is 1. The van der Waals surface area contributed by atoms with Crippen molar-refractivity contribution in [3.63, 3.8) is 0 Å². The van der Waals surface area contributed by atoms with Gasteiger partial charge in [0.15, 0.2) is 0 Å². The molecule has 0 aromatic carbocycles. The summed E-state index contributed by atoms with van der Waals surface area (Å²) in [5.74, 6) is 0. The lowest BCUT2D eigenvalue weighted by atomic mass is 10.4. The van der Waals surface area contributed by atoms with Gasteiger partial charge in [0.1, 0.15) is 0 Å². The quantitative estimate of drug-likeness (QED) is 0.595. The fraction of sp³-hybridized carbons (Fsp3) is 0. The van der Waals surface area contributed by atoms with Gasteiger partial charge in [0.25, 0.3) is 0 Å². The molecule has 0 radical (unpaired) electrons. The van der Waals surface area contributed by atoms with Crippen molar-refractivity contribution in [3.8, 4) is 0 Å². The van der Waals surface area contributed by atoms with Gasteiger partial charge in [0, 0.05) is 7.62 Å². The van der Waals surface area contributed by atoms with E-state index in [4.69, 9.17) is 0 Å². The third kappa shape index (κ3) is 1.53. The highest BCUT2D eigenvalue weighted by atomic mass is 16.1. The van der Waals surface area contributed by atoms with Gasteiger partial charge in [-0.15, -0.1) is 0 Å². The van der Waals surface area contributed by atoms with Crippen LogP contribution in [0.4, 0.5) is 5.69 Å². The molecule has 0 bridgehead atoms. The Morgan fingerprint density at radius 1 is 1.78 bits per heavy atom. The van der Waals surface area contributed by atoms with Crippen molar-refractivity contribution in [1.82, 2.24) is 4.98 Å². The topological polar surface area (TPSA) is 42.0 Å². The molecule has 1 amide bonds. The molecule has 1 rings (SSSR count). The van der Waals surface area contributed by atoms with E-state index in [0.717, 1.165) is 0 Å². The molecule has 0 aliphatic heterocycles. The molecule has 48 valence electrons. The first-order valence-corrected chi connectivity index (χ1v) is 2.53. The van der Waals surface area contributed by atoms with Crippen molar-refractivity contribution in [3.05, 3.63) is 24.5 Å². The lowest BCUT2D eigenvalue weighted by Gasteiger charge is -1.92. The monoisotopic (exact) mass is 124 g/mol. The Hall–Kier alpha value is -1.38. The molecule has 1 aromatic heterocycles. The minimum Gasteiger partial charge on any atom is -0.327 e. The normalized spacial score (nSPS) is 8.44. The second-order valence-corrected chi connectivity index (χ2v) is 1.50. The van der Waals surface area contributed by atoms with Crippen LogP contribution in [0.15, 0.2) is 24.5 Å². The van der Waals surface area contributed by atoms with Gasteiger partial charge < -0.3 is 5.32 Å². The number of rotatable bonds is 2. The summed E-state index contributed by atoms with van der Waals surface area (Å²) >= 11 is 0. The molecular weight excluding hydrogens is 116 g/mol. The average Bonchev–Trinajstić information content (AvgIpc) is 1.91. The zero-order chi connectivity index (χ0) is 6.53. The Morgan fingerprint density at radius 3 is 3.22 bits per heavy atom. The summed E-state index contributed by atoms with van der Waals surface area (Å²) in [7, 11) is 0. The number of anilines is 1. The zero-order valence-electron chi connectivity index (χ0n) is 4.74. The lowest BCUT2D eigenvalue weighted by Crippen LogP contribution is -1.92. The number of hydrogen-bond donors (Lipinski definition) is 1. The Morgan fingerprint density at radius 2 is 2.67 bits per heavy atom. The van der Waals surface area contributed by atoms with Gasteiger partial charge in [-0.3, -0.25) is 9.78 Å². The van der Waals surface area contributed by atoms with Crippen molar-refractivity contribution < 1.29 is 6.22 Å². The fourth-order valence-corrected chi connectivity index (χ4v) is 0.516. The van der Waals surface area contributed by atoms with Crippen molar-refractivity contribution in [2.75, 3.05) is 5.32 Å². The van der Waals surface area contributed by atoms with Gasteiger partial charge in [-0.05, 0) is 12.1 Å². The lowest BCUT2D eigenvalue weighted by molar-refractivity contribution is -0.105. The predicted molar refractivity (Wildman–Crippen MR) is 36.0 cm³/mol. The molecule has 0 saturated carbocycles. The zero-order valence-corrected chi connectivity index (χ0v) is 4.74. The Labute approximate surface area is 54.2 Å². The van der Waals surface area contributed by atoms with Crippen molar-refractivity contribution in [1.29, 1.82) is 0 Å². The summed E-state index contributed by atoms with van der Waals surface area (Å²) in [6.07, 6.45) is 3.85. The molecule has 9 heavy (non-hydrogen) atoms. The van der Waals surface area contributed by atoms with Crippen LogP contribution in [0, 0.1) is 0 Å². The Kier molecular flexibility index (Phi) is 1.80. The van der Waals surface area contributed by atoms with Gasteiger partial charge in [-0.2, -0.15) is 0 Å². The molecule has 1 aromatic rings. The molecular formula is C6H8N2O. The minimum atomic E-state index is 0. The van der Waals surface area contributed by atoms with Crippen LogP contribution in [-0.2, 0) is 4.79 Å². The van der Waals surface area contributed by atoms with Gasteiger partial charge >= 0.3 is 0 Å². The third-order valence-corrected chi connectivity index (χ3v) is 0.887. The highest BCUT2D eigenvalue weighted by molar-refractivity contribution is 5.70. The number of nitrogens with one attached hydrogen (secondary N) is 1. The van der Waals surface area contributed by atoms with Crippen LogP contribution in [0.2, 0.25) is 0 Å². The summed E-state index contributed by atoms with van der Waals surface area (Å²) in [5.41, 5.74) is 0.715. The van der Waals surface area contributed by atoms with E-state index in [2.05, 4.69) is 10.3 Å². The number of pyridine rings is 1. The molecule has 0 unspecified atom stereocenters. The summed E-state index contributed by atoms with van der Waals surface area (Å²) in [6, 6.07) is 3.52. The fourth-order valence-electron chi connectivity index (χ4n) is 0.516. The van der Waals surface area contributed by atoms with Gasteiger partial charge in [0.05, 0.1) is 11.9 Å². The molecule has 3 heteroatoms. The predicted octanol–water partition coefficient (Wildman–Crippen LogP) is 0.896. The van der Waals surface area contributed by atoms with Crippen LogP contribution < -0.4 is 5.32 Å². The van der Waals surface area contributed by atoms with Crippen LogP contribution in [0.3, 0.4) is 0 Å². The van der Waals surface area contributed by atoms with Gasteiger partial charge in [-0.1, -0.05) is 0 Å². The first-order chi connectivity index (χ1) is 4.43. The van der Waals surface area contributed by atoms with Gasteiger partial charge in [-0.25, -0.2) is 0 Å². The number of aromatic nitrogens is 1. The molecule has 3 nitrogen and oxygen atoms in total. The van der Waals surface area contributed by atoms with E-state index in [1.54, 1.807) is 24.5 Å². The SMILES string of the molecule is O=CNc1cccnc1.[HH]. The second-order valence-electron chi connectivity index (χ2n) is 1.50. The van der Waals surface area contributed by atoms with Crippen LogP contribution in [0.5, 0.6) is 0 Å². The van der Waals surface area contributed by atoms with E-state index in [9.17, 15) is 4.79 Å². The number of nitrogens with zero attached hydrogens (tertiary/aromatic N) is 1. The van der Waals surface area contributed by atoms with Crippen LogP contribution >= 0.6 is 0 Å². The molecule has 0 aliphatic carbocycles. The highest BCUT2D eigenvalue weighted by Crippen LogP contribution is 1.98. The smallest absolute Gasteiger partial charge is 0.211 e. The summed E-state index contributed by atoms with van der Waals surface area (Å²) in [5, 5.41) is 2.46. The molecule has 0 aliphatic rings. The number of hydrogen-bond acceptors (Lipinski definition) is 2. The van der Waals surface area contributed by atoms with E-state index < -0.39 is 0 Å². The molecule has 0 fully saturated rings. The van der Waals surface area contributed by atoms with Crippen molar-refractivity contribution in [2.45, 2.75) is 0 Å². The highest BCUT2D eigenvalue weighted by Gasteiger charge is 1.82. The summed E-state index contributed by atoms with van der Waals surface area (Å²) in [6.45, 7) is 0. The second kappa shape index (κ2) is 2.81. The maximum atomic E-state index is 9.84. The van der Waals surface area contributed by atoms with Crippen LogP contribution in [0.1, 0.15) is 1.43 Å². The largest absolute Gasteiger partial charge is 0.327 e. The Bertz CT molecular complexity index is 190. The third-order valence-electron chi connectivity index (χ3n) is 0.887. The minimum absolute atomic E-state index is 0. The maximum Gasteiger partial charge on any atom is 0.211 e. The first kappa shape index (κ1) is 5.75. The van der Waals surface area contributed by atoms with Gasteiger partial charge in [0.2, 0.25) is 6.41 Å². The number of carbonyl (C=O) groups excluding carboxylic acids is 1.